The molecule has 0 radical (unpaired) electrons. The van der Waals surface area contributed by atoms with Crippen LogP contribution in [0.5, 0.6) is 0 Å². The van der Waals surface area contributed by atoms with Crippen molar-refractivity contribution in [3.63, 3.8) is 0 Å². The fraction of sp³-hybridized carbons (Fsp3) is 0.667. The van der Waals surface area contributed by atoms with E-state index in [-0.39, 0.29) is 0 Å². The summed E-state index contributed by atoms with van der Waals surface area (Å²) in [4.78, 5) is 2.31. The lowest BCUT2D eigenvalue weighted by molar-refractivity contribution is 0.171. The summed E-state index contributed by atoms with van der Waals surface area (Å²) in [6.07, 6.45) is 1.30. The molecule has 1 fully saturated rings. The molecule has 5 heteroatoms. The van der Waals surface area contributed by atoms with E-state index in [1.807, 2.05) is 0 Å². The Balaban J connectivity index is 1.99. The second kappa shape index (κ2) is 2.75. The highest BCUT2D eigenvalue weighted by Crippen LogP contribution is 2.17. The first-order valence-electron chi connectivity index (χ1n) is 3.65. The minimum atomic E-state index is 0.761. The summed E-state index contributed by atoms with van der Waals surface area (Å²) >= 11 is 1.27. The van der Waals surface area contributed by atoms with E-state index < -0.39 is 0 Å². The summed E-state index contributed by atoms with van der Waals surface area (Å²) < 4.78 is 3.77. The van der Waals surface area contributed by atoms with Gasteiger partial charge in [-0.1, -0.05) is 4.49 Å². The largest absolute Gasteiger partial charge is 0.388 e. The maximum absolute atomic E-state index is 5.63. The Morgan fingerprint density at radius 1 is 1.55 bits per heavy atom. The Kier molecular flexibility index (Phi) is 1.75. The first kappa shape index (κ1) is 7.00. The van der Waals surface area contributed by atoms with Gasteiger partial charge in [0, 0.05) is 18.1 Å². The summed E-state index contributed by atoms with van der Waals surface area (Å²) in [6, 6.07) is 0. The van der Waals surface area contributed by atoms with Crippen LogP contribution in [0.4, 0.5) is 5.00 Å². The summed E-state index contributed by atoms with van der Waals surface area (Å²) in [7, 11) is 0. The Morgan fingerprint density at radius 3 is 2.82 bits per heavy atom. The standard InChI is InChI=1S/C6H10N4S/c7-6-5(8-9-11-6)4-10-2-1-3-10/h1-4,7H2. The quantitative estimate of drug-likeness (QED) is 0.694. The molecule has 0 aromatic carbocycles. The van der Waals surface area contributed by atoms with Gasteiger partial charge < -0.3 is 5.73 Å². The van der Waals surface area contributed by atoms with Crippen LogP contribution in [0.15, 0.2) is 0 Å². The van der Waals surface area contributed by atoms with Crippen molar-refractivity contribution in [3.05, 3.63) is 5.69 Å². The average Bonchev–Trinajstić information content (AvgIpc) is 2.27. The zero-order chi connectivity index (χ0) is 7.68. The molecule has 0 unspecified atom stereocenters. The molecule has 1 aromatic rings. The van der Waals surface area contributed by atoms with Crippen molar-refractivity contribution in [3.8, 4) is 0 Å². The lowest BCUT2D eigenvalue weighted by Crippen LogP contribution is -2.36. The van der Waals surface area contributed by atoms with Gasteiger partial charge in [-0.05, 0) is 19.5 Å². The number of aromatic nitrogens is 2. The van der Waals surface area contributed by atoms with Gasteiger partial charge in [0.15, 0.2) is 0 Å². The number of nitrogen functional groups attached to an aromatic ring is 1. The molecule has 0 aliphatic carbocycles. The van der Waals surface area contributed by atoms with Gasteiger partial charge in [-0.3, -0.25) is 4.90 Å². The van der Waals surface area contributed by atoms with E-state index in [4.69, 9.17) is 5.73 Å². The highest BCUT2D eigenvalue weighted by Gasteiger charge is 2.16. The molecule has 1 aromatic heterocycles. The Morgan fingerprint density at radius 2 is 2.36 bits per heavy atom. The molecule has 1 aliphatic rings. The molecule has 0 bridgehead atoms. The lowest BCUT2D eigenvalue weighted by Gasteiger charge is -2.29. The van der Waals surface area contributed by atoms with Crippen LogP contribution < -0.4 is 5.73 Å². The zero-order valence-corrected chi connectivity index (χ0v) is 6.97. The maximum Gasteiger partial charge on any atom is 0.132 e. The minimum Gasteiger partial charge on any atom is -0.388 e. The summed E-state index contributed by atoms with van der Waals surface area (Å²) in [6.45, 7) is 3.23. The van der Waals surface area contributed by atoms with E-state index in [0.717, 1.165) is 17.2 Å². The van der Waals surface area contributed by atoms with E-state index in [2.05, 4.69) is 14.5 Å². The molecule has 0 atom stereocenters. The van der Waals surface area contributed by atoms with Crippen molar-refractivity contribution in [2.45, 2.75) is 13.0 Å². The first-order chi connectivity index (χ1) is 5.36. The van der Waals surface area contributed by atoms with Gasteiger partial charge in [0.05, 0.1) is 0 Å². The Labute approximate surface area is 69.2 Å². The van der Waals surface area contributed by atoms with Crippen LogP contribution >= 0.6 is 11.5 Å². The van der Waals surface area contributed by atoms with Crippen LogP contribution in [0, 0.1) is 0 Å². The number of likely N-dealkylation sites (tertiary alicyclic amines) is 1. The van der Waals surface area contributed by atoms with Crippen molar-refractivity contribution in [2.75, 3.05) is 18.8 Å². The van der Waals surface area contributed by atoms with Gasteiger partial charge >= 0.3 is 0 Å². The number of nitrogens with two attached hydrogens (primary N) is 1. The van der Waals surface area contributed by atoms with Gasteiger partial charge in [-0.15, -0.1) is 5.10 Å². The van der Waals surface area contributed by atoms with Crippen molar-refractivity contribution in [1.82, 2.24) is 14.5 Å². The van der Waals surface area contributed by atoms with Crippen LogP contribution in [0.2, 0.25) is 0 Å². The first-order valence-corrected chi connectivity index (χ1v) is 4.42. The molecule has 60 valence electrons. The second-order valence-corrected chi connectivity index (χ2v) is 3.50. The van der Waals surface area contributed by atoms with E-state index in [1.165, 1.54) is 31.0 Å². The van der Waals surface area contributed by atoms with Crippen molar-refractivity contribution >= 4 is 16.5 Å². The third kappa shape index (κ3) is 1.34. The smallest absolute Gasteiger partial charge is 0.132 e. The van der Waals surface area contributed by atoms with Gasteiger partial charge in [-0.2, -0.15) is 0 Å². The minimum absolute atomic E-state index is 0.761. The third-order valence-corrected chi connectivity index (χ3v) is 2.50. The molecule has 0 amide bonds. The Hall–Kier alpha value is -0.680. The van der Waals surface area contributed by atoms with Crippen molar-refractivity contribution < 1.29 is 0 Å². The molecular formula is C6H10N4S. The normalized spacial score (nSPS) is 18.2. The van der Waals surface area contributed by atoms with Gasteiger partial charge in [0.1, 0.15) is 10.7 Å². The van der Waals surface area contributed by atoms with E-state index in [1.54, 1.807) is 0 Å². The van der Waals surface area contributed by atoms with Gasteiger partial charge in [-0.25, -0.2) is 0 Å². The van der Waals surface area contributed by atoms with Crippen LogP contribution in [0.3, 0.4) is 0 Å². The van der Waals surface area contributed by atoms with E-state index >= 15 is 0 Å². The number of rotatable bonds is 2. The Bertz CT molecular complexity index is 242. The summed E-state index contributed by atoms with van der Waals surface area (Å²) in [5.41, 5.74) is 6.57. The molecule has 11 heavy (non-hydrogen) atoms. The molecule has 0 saturated carbocycles. The zero-order valence-electron chi connectivity index (χ0n) is 6.16. The lowest BCUT2D eigenvalue weighted by atomic mass is 10.2. The predicted molar refractivity (Wildman–Crippen MR) is 44.2 cm³/mol. The predicted octanol–water partition coefficient (Wildman–Crippen LogP) is 0.326. The van der Waals surface area contributed by atoms with E-state index in [9.17, 15) is 0 Å². The maximum atomic E-state index is 5.63. The van der Waals surface area contributed by atoms with Crippen LogP contribution in [-0.2, 0) is 6.54 Å². The van der Waals surface area contributed by atoms with Gasteiger partial charge in [0.25, 0.3) is 0 Å². The van der Waals surface area contributed by atoms with Gasteiger partial charge in [0.2, 0.25) is 0 Å². The highest BCUT2D eigenvalue weighted by molar-refractivity contribution is 7.09. The van der Waals surface area contributed by atoms with Crippen LogP contribution in [0.1, 0.15) is 12.1 Å². The number of hydrogen-bond acceptors (Lipinski definition) is 5. The molecule has 2 heterocycles. The average molecular weight is 170 g/mol. The molecule has 2 N–H and O–H groups in total. The van der Waals surface area contributed by atoms with E-state index in [0.29, 0.717) is 0 Å². The fourth-order valence-electron chi connectivity index (χ4n) is 1.08. The highest BCUT2D eigenvalue weighted by atomic mass is 32.1. The third-order valence-electron chi connectivity index (χ3n) is 1.91. The second-order valence-electron chi connectivity index (χ2n) is 2.71. The molecular weight excluding hydrogens is 160 g/mol. The molecule has 0 spiro atoms. The van der Waals surface area contributed by atoms with Crippen LogP contribution in [0.25, 0.3) is 0 Å². The van der Waals surface area contributed by atoms with Crippen molar-refractivity contribution in [1.29, 1.82) is 0 Å². The SMILES string of the molecule is Nc1snnc1CN1CCC1. The number of anilines is 1. The monoisotopic (exact) mass is 170 g/mol. The topological polar surface area (TPSA) is 55.0 Å². The molecule has 2 rings (SSSR count). The number of hydrogen-bond donors (Lipinski definition) is 1. The molecule has 1 aliphatic heterocycles. The fourth-order valence-corrected chi connectivity index (χ4v) is 1.51. The summed E-state index contributed by atoms with van der Waals surface area (Å²) in [5, 5.41) is 4.70. The number of nitrogens with zero attached hydrogens (tertiary/aromatic N) is 3. The van der Waals surface area contributed by atoms with Crippen LogP contribution in [-0.4, -0.2) is 27.6 Å². The molecule has 1 saturated heterocycles. The summed E-state index contributed by atoms with van der Waals surface area (Å²) in [5.74, 6) is 0. The molecule has 4 nitrogen and oxygen atoms in total. The van der Waals surface area contributed by atoms with Crippen molar-refractivity contribution in [2.24, 2.45) is 0 Å².